The van der Waals surface area contributed by atoms with E-state index in [4.69, 9.17) is 9.78 Å². The summed E-state index contributed by atoms with van der Waals surface area (Å²) in [6.45, 7) is 6.76. The molecule has 14 heavy (non-hydrogen) atoms. The Morgan fingerprint density at radius 3 is 2.36 bits per heavy atom. The summed E-state index contributed by atoms with van der Waals surface area (Å²) in [6.07, 6.45) is 4.35. The lowest BCUT2D eigenvalue weighted by atomic mass is 9.99. The van der Waals surface area contributed by atoms with Crippen LogP contribution in [0.5, 0.6) is 0 Å². The van der Waals surface area contributed by atoms with Crippen LogP contribution in [0.25, 0.3) is 0 Å². The summed E-state index contributed by atoms with van der Waals surface area (Å²) in [5.41, 5.74) is 0. The third-order valence-electron chi connectivity index (χ3n) is 2.31. The molecule has 0 aliphatic carbocycles. The molecule has 0 amide bonds. The summed E-state index contributed by atoms with van der Waals surface area (Å²) < 4.78 is 0. The van der Waals surface area contributed by atoms with Gasteiger partial charge in [0.25, 0.3) is 0 Å². The fourth-order valence-corrected chi connectivity index (χ4v) is 1.29. The van der Waals surface area contributed by atoms with Crippen molar-refractivity contribution in [2.45, 2.75) is 59.2 Å². The monoisotopic (exact) mass is 204 g/mol. The second kappa shape index (κ2) is 9.44. The minimum atomic E-state index is -0.766. The van der Waals surface area contributed by atoms with E-state index in [2.05, 4.69) is 13.8 Å². The van der Waals surface area contributed by atoms with Crippen LogP contribution in [-0.2, 0) is 9.78 Å². The van der Waals surface area contributed by atoms with Crippen LogP contribution in [0.2, 0.25) is 0 Å². The number of aliphatic hydroxyl groups excluding tert-OH is 1. The van der Waals surface area contributed by atoms with Gasteiger partial charge in [-0.25, -0.2) is 9.78 Å². The van der Waals surface area contributed by atoms with Gasteiger partial charge < -0.3 is 5.11 Å². The highest BCUT2D eigenvalue weighted by atomic mass is 17.2. The molecular formula is C11H24O3. The maximum atomic E-state index is 9.61. The Morgan fingerprint density at radius 2 is 1.86 bits per heavy atom. The van der Waals surface area contributed by atoms with E-state index >= 15 is 0 Å². The Balaban J connectivity index is 3.61. The third-order valence-corrected chi connectivity index (χ3v) is 2.31. The molecule has 1 N–H and O–H groups in total. The zero-order valence-electron chi connectivity index (χ0n) is 9.66. The fourth-order valence-electron chi connectivity index (χ4n) is 1.29. The summed E-state index contributed by atoms with van der Waals surface area (Å²) in [5, 5.41) is 9.61. The molecule has 0 saturated heterocycles. The van der Waals surface area contributed by atoms with E-state index in [-0.39, 0.29) is 5.92 Å². The first-order valence-electron chi connectivity index (χ1n) is 5.72. The number of aliphatic hydroxyl groups is 1. The Morgan fingerprint density at radius 1 is 1.14 bits per heavy atom. The third kappa shape index (κ3) is 6.35. The number of hydrogen-bond acceptors (Lipinski definition) is 3. The van der Waals surface area contributed by atoms with E-state index in [0.717, 1.165) is 32.1 Å². The highest BCUT2D eigenvalue weighted by molar-refractivity contribution is 4.58. The topological polar surface area (TPSA) is 38.7 Å². The van der Waals surface area contributed by atoms with Crippen molar-refractivity contribution in [1.29, 1.82) is 0 Å². The Kier molecular flexibility index (Phi) is 9.35. The molecule has 0 aliphatic heterocycles. The Bertz CT molecular complexity index is 117. The molecule has 0 rings (SSSR count). The molecule has 3 nitrogen and oxygen atoms in total. The smallest absolute Gasteiger partial charge is 0.191 e. The molecule has 3 heteroatoms. The van der Waals surface area contributed by atoms with E-state index in [9.17, 15) is 5.11 Å². The van der Waals surface area contributed by atoms with Gasteiger partial charge in [0.2, 0.25) is 0 Å². The van der Waals surface area contributed by atoms with Crippen LogP contribution in [0, 0.1) is 5.92 Å². The van der Waals surface area contributed by atoms with E-state index in [1.54, 1.807) is 0 Å². The van der Waals surface area contributed by atoms with E-state index in [1.165, 1.54) is 0 Å². The fraction of sp³-hybridized carbons (Fsp3) is 1.00. The molecule has 0 aromatic carbocycles. The van der Waals surface area contributed by atoms with Crippen molar-refractivity contribution in [2.24, 2.45) is 5.92 Å². The first kappa shape index (κ1) is 13.9. The van der Waals surface area contributed by atoms with Crippen molar-refractivity contribution < 1.29 is 14.9 Å². The predicted octanol–water partition coefficient (Wildman–Crippen LogP) is 2.88. The van der Waals surface area contributed by atoms with Crippen molar-refractivity contribution in [3.63, 3.8) is 0 Å². The van der Waals surface area contributed by atoms with Crippen molar-refractivity contribution in [2.75, 3.05) is 6.61 Å². The Hall–Kier alpha value is -0.120. The van der Waals surface area contributed by atoms with Gasteiger partial charge in [0, 0.05) is 5.92 Å². The SMILES string of the molecule is CCCCC(CC)C(O)OOCCC. The maximum Gasteiger partial charge on any atom is 0.191 e. The summed E-state index contributed by atoms with van der Waals surface area (Å²) in [6, 6.07) is 0. The van der Waals surface area contributed by atoms with Gasteiger partial charge in [0.05, 0.1) is 6.61 Å². The van der Waals surface area contributed by atoms with Gasteiger partial charge in [-0.3, -0.25) is 0 Å². The number of unbranched alkanes of at least 4 members (excludes halogenated alkanes) is 1. The van der Waals surface area contributed by atoms with Gasteiger partial charge in [-0.05, 0) is 19.3 Å². The molecule has 0 aromatic rings. The predicted molar refractivity (Wildman–Crippen MR) is 56.6 cm³/mol. The van der Waals surface area contributed by atoms with E-state index in [1.807, 2.05) is 6.92 Å². The van der Waals surface area contributed by atoms with Crippen LogP contribution in [0.3, 0.4) is 0 Å². The highest BCUT2D eigenvalue weighted by Crippen LogP contribution is 2.17. The van der Waals surface area contributed by atoms with Crippen molar-refractivity contribution >= 4 is 0 Å². The Labute approximate surface area is 87.3 Å². The second-order valence-corrected chi connectivity index (χ2v) is 3.62. The first-order chi connectivity index (χ1) is 6.76. The molecule has 0 bridgehead atoms. The molecule has 86 valence electrons. The second-order valence-electron chi connectivity index (χ2n) is 3.62. The molecule has 0 fully saturated rings. The summed E-state index contributed by atoms with van der Waals surface area (Å²) in [7, 11) is 0. The normalized spacial score (nSPS) is 15.4. The average Bonchev–Trinajstić information content (AvgIpc) is 2.19. The first-order valence-corrected chi connectivity index (χ1v) is 5.72. The molecule has 0 spiro atoms. The molecule has 2 atom stereocenters. The van der Waals surface area contributed by atoms with Crippen LogP contribution in [0.1, 0.15) is 52.9 Å². The van der Waals surface area contributed by atoms with Gasteiger partial charge in [-0.2, -0.15) is 0 Å². The largest absolute Gasteiger partial charge is 0.365 e. The summed E-state index contributed by atoms with van der Waals surface area (Å²) in [4.78, 5) is 9.75. The molecule has 0 aromatic heterocycles. The van der Waals surface area contributed by atoms with Gasteiger partial charge >= 0.3 is 0 Å². The lowest BCUT2D eigenvalue weighted by Gasteiger charge is -2.20. The van der Waals surface area contributed by atoms with Gasteiger partial charge in [0.1, 0.15) is 0 Å². The van der Waals surface area contributed by atoms with Crippen LogP contribution < -0.4 is 0 Å². The molecule has 0 aliphatic rings. The molecular weight excluding hydrogens is 180 g/mol. The van der Waals surface area contributed by atoms with Gasteiger partial charge in [-0.15, -0.1) is 0 Å². The molecule has 0 heterocycles. The van der Waals surface area contributed by atoms with Crippen molar-refractivity contribution in [3.05, 3.63) is 0 Å². The lowest BCUT2D eigenvalue weighted by molar-refractivity contribution is -0.381. The quantitative estimate of drug-likeness (QED) is 0.272. The minimum Gasteiger partial charge on any atom is -0.365 e. The summed E-state index contributed by atoms with van der Waals surface area (Å²) >= 11 is 0. The molecule has 0 saturated carbocycles. The van der Waals surface area contributed by atoms with Crippen LogP contribution in [0.4, 0.5) is 0 Å². The average molecular weight is 204 g/mol. The van der Waals surface area contributed by atoms with Gasteiger partial charge in [0.15, 0.2) is 6.29 Å². The number of hydrogen-bond donors (Lipinski definition) is 1. The molecule has 0 radical (unpaired) electrons. The number of rotatable bonds is 9. The lowest BCUT2D eigenvalue weighted by Crippen LogP contribution is -2.23. The van der Waals surface area contributed by atoms with E-state index in [0.29, 0.717) is 6.61 Å². The standard InChI is InChI=1S/C11H24O3/c1-4-7-8-10(6-3)11(12)14-13-9-5-2/h10-12H,4-9H2,1-3H3. The van der Waals surface area contributed by atoms with Crippen LogP contribution in [0.15, 0.2) is 0 Å². The zero-order chi connectivity index (χ0) is 10.8. The minimum absolute atomic E-state index is 0.201. The molecule has 2 unspecified atom stereocenters. The van der Waals surface area contributed by atoms with E-state index < -0.39 is 6.29 Å². The highest BCUT2D eigenvalue weighted by Gasteiger charge is 2.18. The van der Waals surface area contributed by atoms with Crippen molar-refractivity contribution in [1.82, 2.24) is 0 Å². The maximum absolute atomic E-state index is 9.61. The summed E-state index contributed by atoms with van der Waals surface area (Å²) in [5.74, 6) is 0.201. The van der Waals surface area contributed by atoms with Crippen molar-refractivity contribution in [3.8, 4) is 0 Å². The van der Waals surface area contributed by atoms with Crippen LogP contribution in [-0.4, -0.2) is 18.0 Å². The van der Waals surface area contributed by atoms with Crippen LogP contribution >= 0.6 is 0 Å². The van der Waals surface area contributed by atoms with Gasteiger partial charge in [-0.1, -0.05) is 33.6 Å². The zero-order valence-corrected chi connectivity index (χ0v) is 9.66.